The van der Waals surface area contributed by atoms with E-state index in [9.17, 15) is 0 Å². The SMILES string of the molecule is CCN1CCC(CO)C1.Cl. The van der Waals surface area contributed by atoms with Gasteiger partial charge >= 0.3 is 0 Å². The predicted octanol–water partition coefficient (Wildman–Crippen LogP) is 0.742. The monoisotopic (exact) mass is 165 g/mol. The van der Waals surface area contributed by atoms with Gasteiger partial charge in [0.25, 0.3) is 0 Å². The van der Waals surface area contributed by atoms with Crippen molar-refractivity contribution < 1.29 is 5.11 Å². The summed E-state index contributed by atoms with van der Waals surface area (Å²) in [5, 5.41) is 8.75. The number of halogens is 1. The lowest BCUT2D eigenvalue weighted by Gasteiger charge is -2.10. The summed E-state index contributed by atoms with van der Waals surface area (Å²) < 4.78 is 0. The molecule has 1 atom stereocenters. The first kappa shape index (κ1) is 10.2. The van der Waals surface area contributed by atoms with Gasteiger partial charge in [0, 0.05) is 13.2 Å². The molecule has 0 aromatic heterocycles. The van der Waals surface area contributed by atoms with Gasteiger partial charge in [-0.3, -0.25) is 0 Å². The summed E-state index contributed by atoms with van der Waals surface area (Å²) in [6, 6.07) is 0. The average Bonchev–Trinajstić information content (AvgIpc) is 2.34. The van der Waals surface area contributed by atoms with E-state index in [0.717, 1.165) is 13.1 Å². The van der Waals surface area contributed by atoms with E-state index in [1.165, 1.54) is 13.0 Å². The van der Waals surface area contributed by atoms with Gasteiger partial charge < -0.3 is 10.0 Å². The zero-order valence-electron chi connectivity index (χ0n) is 6.42. The molecule has 0 radical (unpaired) electrons. The van der Waals surface area contributed by atoms with E-state index in [2.05, 4.69) is 11.8 Å². The van der Waals surface area contributed by atoms with Crippen molar-refractivity contribution in [2.45, 2.75) is 13.3 Å². The summed E-state index contributed by atoms with van der Waals surface area (Å²) in [6.45, 7) is 5.96. The number of aliphatic hydroxyl groups is 1. The van der Waals surface area contributed by atoms with E-state index in [1.807, 2.05) is 0 Å². The van der Waals surface area contributed by atoms with Crippen molar-refractivity contribution in [2.75, 3.05) is 26.2 Å². The van der Waals surface area contributed by atoms with Crippen molar-refractivity contribution >= 4 is 12.4 Å². The van der Waals surface area contributed by atoms with Crippen LogP contribution in [0.1, 0.15) is 13.3 Å². The molecule has 1 fully saturated rings. The first-order chi connectivity index (χ1) is 4.36. The maximum atomic E-state index is 8.75. The Morgan fingerprint density at radius 1 is 1.60 bits per heavy atom. The summed E-state index contributed by atoms with van der Waals surface area (Å²) in [7, 11) is 0. The number of aliphatic hydroxyl groups excluding tert-OH is 1. The molecule has 1 aliphatic heterocycles. The molecule has 0 saturated carbocycles. The molecule has 0 bridgehead atoms. The quantitative estimate of drug-likeness (QED) is 0.653. The van der Waals surface area contributed by atoms with Crippen molar-refractivity contribution in [3.05, 3.63) is 0 Å². The topological polar surface area (TPSA) is 23.5 Å². The molecule has 1 N–H and O–H groups in total. The van der Waals surface area contributed by atoms with Crippen LogP contribution in [0.25, 0.3) is 0 Å². The zero-order chi connectivity index (χ0) is 6.69. The lowest BCUT2D eigenvalue weighted by Crippen LogP contribution is -2.20. The highest BCUT2D eigenvalue weighted by molar-refractivity contribution is 5.85. The predicted molar refractivity (Wildman–Crippen MR) is 44.6 cm³/mol. The number of rotatable bonds is 2. The molecular weight excluding hydrogens is 150 g/mol. The van der Waals surface area contributed by atoms with E-state index < -0.39 is 0 Å². The van der Waals surface area contributed by atoms with Crippen LogP contribution in [0.3, 0.4) is 0 Å². The van der Waals surface area contributed by atoms with E-state index in [4.69, 9.17) is 5.11 Å². The molecule has 0 aromatic rings. The molecule has 2 nitrogen and oxygen atoms in total. The molecule has 1 rings (SSSR count). The average molecular weight is 166 g/mol. The van der Waals surface area contributed by atoms with Crippen LogP contribution in [0.4, 0.5) is 0 Å². The second kappa shape index (κ2) is 4.94. The van der Waals surface area contributed by atoms with Gasteiger partial charge in [-0.05, 0) is 25.4 Å². The number of hydrogen-bond donors (Lipinski definition) is 1. The lowest BCUT2D eigenvalue weighted by molar-refractivity contribution is 0.223. The number of likely N-dealkylation sites (tertiary alicyclic amines) is 1. The second-order valence-corrected chi connectivity index (χ2v) is 2.73. The van der Waals surface area contributed by atoms with E-state index in [0.29, 0.717) is 12.5 Å². The highest BCUT2D eigenvalue weighted by atomic mass is 35.5. The summed E-state index contributed by atoms with van der Waals surface area (Å²) >= 11 is 0. The van der Waals surface area contributed by atoms with Crippen molar-refractivity contribution in [3.63, 3.8) is 0 Å². The Morgan fingerprint density at radius 2 is 2.30 bits per heavy atom. The minimum absolute atomic E-state index is 0. The van der Waals surface area contributed by atoms with Gasteiger partial charge in [0.2, 0.25) is 0 Å². The van der Waals surface area contributed by atoms with Crippen LogP contribution in [0.5, 0.6) is 0 Å². The third-order valence-electron chi connectivity index (χ3n) is 2.08. The van der Waals surface area contributed by atoms with Crippen molar-refractivity contribution in [3.8, 4) is 0 Å². The van der Waals surface area contributed by atoms with Crippen LogP contribution in [-0.4, -0.2) is 36.2 Å². The standard InChI is InChI=1S/C7H15NO.ClH/c1-2-8-4-3-7(5-8)6-9;/h7,9H,2-6H2,1H3;1H. The number of hydrogen-bond acceptors (Lipinski definition) is 2. The summed E-state index contributed by atoms with van der Waals surface area (Å²) in [5.74, 6) is 0.560. The molecule has 0 aromatic carbocycles. The molecule has 1 unspecified atom stereocenters. The normalized spacial score (nSPS) is 26.4. The Balaban J connectivity index is 0.000000810. The molecule has 3 heteroatoms. The van der Waals surface area contributed by atoms with Crippen LogP contribution < -0.4 is 0 Å². The Bertz CT molecular complexity index is 79.7. The Kier molecular flexibility index (Phi) is 5.04. The van der Waals surface area contributed by atoms with Crippen molar-refractivity contribution in [1.82, 2.24) is 4.90 Å². The highest BCUT2D eigenvalue weighted by Crippen LogP contribution is 2.13. The lowest BCUT2D eigenvalue weighted by atomic mass is 10.1. The zero-order valence-corrected chi connectivity index (χ0v) is 7.23. The van der Waals surface area contributed by atoms with E-state index in [1.54, 1.807) is 0 Å². The maximum Gasteiger partial charge on any atom is 0.0471 e. The second-order valence-electron chi connectivity index (χ2n) is 2.73. The molecule has 1 heterocycles. The van der Waals surface area contributed by atoms with Gasteiger partial charge in [-0.2, -0.15) is 0 Å². The van der Waals surface area contributed by atoms with E-state index >= 15 is 0 Å². The third kappa shape index (κ3) is 2.45. The van der Waals surface area contributed by atoms with Crippen LogP contribution in [0, 0.1) is 5.92 Å². The Morgan fingerprint density at radius 3 is 2.60 bits per heavy atom. The fourth-order valence-electron chi connectivity index (χ4n) is 1.35. The Hall–Kier alpha value is 0.210. The minimum atomic E-state index is 0. The van der Waals surface area contributed by atoms with Crippen molar-refractivity contribution in [2.24, 2.45) is 5.92 Å². The molecule has 62 valence electrons. The van der Waals surface area contributed by atoms with Crippen molar-refractivity contribution in [1.29, 1.82) is 0 Å². The van der Waals surface area contributed by atoms with Gasteiger partial charge in [-0.15, -0.1) is 12.4 Å². The molecule has 1 aliphatic rings. The molecule has 10 heavy (non-hydrogen) atoms. The van der Waals surface area contributed by atoms with Gasteiger partial charge in [0.1, 0.15) is 0 Å². The fraction of sp³-hybridized carbons (Fsp3) is 1.00. The van der Waals surface area contributed by atoms with Crippen LogP contribution in [-0.2, 0) is 0 Å². The van der Waals surface area contributed by atoms with E-state index in [-0.39, 0.29) is 12.4 Å². The largest absolute Gasteiger partial charge is 0.396 e. The molecule has 0 amide bonds. The molecule has 0 aliphatic carbocycles. The molecule has 1 saturated heterocycles. The smallest absolute Gasteiger partial charge is 0.0471 e. The molecule has 0 spiro atoms. The third-order valence-corrected chi connectivity index (χ3v) is 2.08. The van der Waals surface area contributed by atoms with Gasteiger partial charge in [-0.25, -0.2) is 0 Å². The first-order valence-corrected chi connectivity index (χ1v) is 3.70. The fourth-order valence-corrected chi connectivity index (χ4v) is 1.35. The van der Waals surface area contributed by atoms with Gasteiger partial charge in [0.05, 0.1) is 0 Å². The maximum absolute atomic E-state index is 8.75. The van der Waals surface area contributed by atoms with Crippen LogP contribution >= 0.6 is 12.4 Å². The highest BCUT2D eigenvalue weighted by Gasteiger charge is 2.19. The minimum Gasteiger partial charge on any atom is -0.396 e. The van der Waals surface area contributed by atoms with Gasteiger partial charge in [0.15, 0.2) is 0 Å². The van der Waals surface area contributed by atoms with Gasteiger partial charge in [-0.1, -0.05) is 6.92 Å². The Labute approximate surface area is 68.6 Å². The number of nitrogens with zero attached hydrogens (tertiary/aromatic N) is 1. The molecular formula is C7H16ClNO. The van der Waals surface area contributed by atoms with Crippen LogP contribution in [0.15, 0.2) is 0 Å². The summed E-state index contributed by atoms with van der Waals surface area (Å²) in [5.41, 5.74) is 0. The summed E-state index contributed by atoms with van der Waals surface area (Å²) in [4.78, 5) is 2.38. The van der Waals surface area contributed by atoms with Crippen LogP contribution in [0.2, 0.25) is 0 Å². The summed E-state index contributed by atoms with van der Waals surface area (Å²) in [6.07, 6.45) is 1.18. The first-order valence-electron chi connectivity index (χ1n) is 3.70.